The number of carbonyl (C=O) groups excluding carboxylic acids is 3. The third kappa shape index (κ3) is 6.05. The molecule has 4 rings (SSSR count). The number of aromatic amines is 1. The maximum atomic E-state index is 14.1. The molecule has 1 aromatic carbocycles. The average Bonchev–Trinajstić information content (AvgIpc) is 3.23. The van der Waals surface area contributed by atoms with Crippen LogP contribution in [0, 0.1) is 17.2 Å². The van der Waals surface area contributed by atoms with Crippen LogP contribution in [0.2, 0.25) is 0 Å². The van der Waals surface area contributed by atoms with Gasteiger partial charge in [0.25, 0.3) is 0 Å². The number of rotatable bonds is 8. The lowest BCUT2D eigenvalue weighted by Gasteiger charge is -2.42. The number of likely N-dealkylation sites (tertiary alicyclic amines) is 1. The van der Waals surface area contributed by atoms with Gasteiger partial charge in [0.15, 0.2) is 5.82 Å². The van der Waals surface area contributed by atoms with Crippen molar-refractivity contribution in [3.05, 3.63) is 29.8 Å². The molecule has 2 aliphatic rings. The van der Waals surface area contributed by atoms with Crippen molar-refractivity contribution in [1.82, 2.24) is 25.5 Å². The predicted octanol–water partition coefficient (Wildman–Crippen LogP) is 3.98. The normalized spacial score (nSPS) is 21.5. The van der Waals surface area contributed by atoms with Crippen LogP contribution in [0.1, 0.15) is 84.5 Å². The quantitative estimate of drug-likeness (QED) is 0.511. The second-order valence-electron chi connectivity index (χ2n) is 11.4. The number of hydrogen-bond donors (Lipinski definition) is 3. The fraction of sp³-hybridized carbons (Fsp3) is 0.630. The highest BCUT2D eigenvalue weighted by Gasteiger charge is 2.38. The Balaban J connectivity index is 1.44. The molecule has 196 valence electrons. The van der Waals surface area contributed by atoms with Crippen molar-refractivity contribution in [3.63, 3.8) is 0 Å². The fourth-order valence-corrected chi connectivity index (χ4v) is 5.74. The number of imidazole rings is 1. The van der Waals surface area contributed by atoms with Crippen LogP contribution in [0.4, 0.5) is 4.39 Å². The van der Waals surface area contributed by atoms with Gasteiger partial charge in [-0.25, -0.2) is 9.37 Å². The van der Waals surface area contributed by atoms with Gasteiger partial charge in [0.05, 0.1) is 18.0 Å². The number of amides is 3. The Labute approximate surface area is 211 Å². The highest BCUT2D eigenvalue weighted by Crippen LogP contribution is 2.46. The van der Waals surface area contributed by atoms with Crippen LogP contribution in [0.5, 0.6) is 0 Å². The molecule has 2 aromatic rings. The molecule has 8 nitrogen and oxygen atoms in total. The zero-order chi connectivity index (χ0) is 26.0. The summed E-state index contributed by atoms with van der Waals surface area (Å²) in [5, 5.41) is 5.69. The van der Waals surface area contributed by atoms with E-state index >= 15 is 0 Å². The molecule has 0 bridgehead atoms. The van der Waals surface area contributed by atoms with E-state index in [0.717, 1.165) is 32.1 Å². The van der Waals surface area contributed by atoms with E-state index in [1.165, 1.54) is 6.07 Å². The molecule has 1 aromatic heterocycles. The predicted molar refractivity (Wildman–Crippen MR) is 135 cm³/mol. The summed E-state index contributed by atoms with van der Waals surface area (Å²) in [4.78, 5) is 48.4. The number of H-pyrrole nitrogens is 1. The monoisotopic (exact) mass is 499 g/mol. The van der Waals surface area contributed by atoms with Crippen LogP contribution in [-0.4, -0.2) is 51.2 Å². The molecule has 9 heteroatoms. The zero-order valence-corrected chi connectivity index (χ0v) is 21.7. The average molecular weight is 500 g/mol. The van der Waals surface area contributed by atoms with Gasteiger partial charge in [-0.3, -0.25) is 14.4 Å². The largest absolute Gasteiger partial charge is 0.345 e. The molecule has 3 amide bonds. The van der Waals surface area contributed by atoms with E-state index < -0.39 is 23.8 Å². The number of carbonyl (C=O) groups is 3. The Morgan fingerprint density at radius 1 is 1.22 bits per heavy atom. The van der Waals surface area contributed by atoms with Crippen LogP contribution < -0.4 is 10.6 Å². The molecule has 2 heterocycles. The second kappa shape index (κ2) is 10.6. The SMILES string of the molecule is CC1CCCCN1C(=O)CC(NC(=O)CC1CC(C)(C)C1)C(=O)N[C@H](C)c1nc2c(F)cccc2[nH]1. The third-order valence-electron chi connectivity index (χ3n) is 7.56. The first kappa shape index (κ1) is 26.1. The van der Waals surface area contributed by atoms with Gasteiger partial charge < -0.3 is 20.5 Å². The summed E-state index contributed by atoms with van der Waals surface area (Å²) in [6, 6.07) is 3.19. The molecule has 3 N–H and O–H groups in total. The number of benzene rings is 1. The summed E-state index contributed by atoms with van der Waals surface area (Å²) < 4.78 is 14.1. The van der Waals surface area contributed by atoms with Gasteiger partial charge in [-0.2, -0.15) is 0 Å². The molecule has 1 saturated carbocycles. The van der Waals surface area contributed by atoms with Crippen LogP contribution in [0.25, 0.3) is 11.0 Å². The lowest BCUT2D eigenvalue weighted by atomic mass is 9.63. The van der Waals surface area contributed by atoms with Gasteiger partial charge in [-0.1, -0.05) is 19.9 Å². The molecular formula is C27H38FN5O3. The number of aromatic nitrogens is 2. The fourth-order valence-electron chi connectivity index (χ4n) is 5.74. The summed E-state index contributed by atoms with van der Waals surface area (Å²) in [6.07, 6.45) is 5.16. The number of halogens is 1. The van der Waals surface area contributed by atoms with Crippen molar-refractivity contribution in [2.45, 2.75) is 90.8 Å². The Kier molecular flexibility index (Phi) is 7.66. The number of hydrogen-bond acceptors (Lipinski definition) is 4. The highest BCUT2D eigenvalue weighted by atomic mass is 19.1. The molecule has 1 aliphatic carbocycles. The summed E-state index contributed by atoms with van der Waals surface area (Å²) in [5.41, 5.74) is 0.994. The smallest absolute Gasteiger partial charge is 0.243 e. The van der Waals surface area contributed by atoms with Crippen LogP contribution in [0.15, 0.2) is 18.2 Å². The van der Waals surface area contributed by atoms with Gasteiger partial charge in [0, 0.05) is 19.0 Å². The Morgan fingerprint density at radius 3 is 2.64 bits per heavy atom. The minimum Gasteiger partial charge on any atom is -0.345 e. The molecular weight excluding hydrogens is 461 g/mol. The first-order chi connectivity index (χ1) is 17.0. The third-order valence-corrected chi connectivity index (χ3v) is 7.56. The maximum Gasteiger partial charge on any atom is 0.243 e. The van der Waals surface area contributed by atoms with Crippen molar-refractivity contribution in [2.24, 2.45) is 11.3 Å². The molecule has 3 atom stereocenters. The Bertz CT molecular complexity index is 1120. The first-order valence-electron chi connectivity index (χ1n) is 13.1. The summed E-state index contributed by atoms with van der Waals surface area (Å²) in [6.45, 7) is 8.78. The van der Waals surface area contributed by atoms with Gasteiger partial charge in [0.2, 0.25) is 17.7 Å². The van der Waals surface area contributed by atoms with Crippen molar-refractivity contribution >= 4 is 28.8 Å². The Hall–Kier alpha value is -2.97. The van der Waals surface area contributed by atoms with Crippen LogP contribution >= 0.6 is 0 Å². The lowest BCUT2D eigenvalue weighted by molar-refractivity contribution is -0.139. The summed E-state index contributed by atoms with van der Waals surface area (Å²) in [7, 11) is 0. The molecule has 2 unspecified atom stereocenters. The minimum atomic E-state index is -0.990. The van der Waals surface area contributed by atoms with Crippen molar-refractivity contribution in [3.8, 4) is 0 Å². The van der Waals surface area contributed by atoms with Gasteiger partial charge in [-0.15, -0.1) is 0 Å². The van der Waals surface area contributed by atoms with Gasteiger partial charge >= 0.3 is 0 Å². The molecule has 0 radical (unpaired) electrons. The standard InChI is InChI=1S/C27H38FN5O3/c1-16-8-5-6-11-33(16)23(35)13-21(30-22(34)12-18-14-27(3,4)15-18)26(36)29-17(2)25-31-20-10-7-9-19(28)24(20)32-25/h7,9-10,16-18,21H,5-6,8,11-15H2,1-4H3,(H,29,36)(H,30,34)(H,31,32)/t16?,17-,21?/m1/s1. The summed E-state index contributed by atoms with van der Waals surface area (Å²) >= 11 is 0. The van der Waals surface area contributed by atoms with E-state index in [4.69, 9.17) is 0 Å². The van der Waals surface area contributed by atoms with Crippen molar-refractivity contribution < 1.29 is 18.8 Å². The van der Waals surface area contributed by atoms with Crippen molar-refractivity contribution in [1.29, 1.82) is 0 Å². The van der Waals surface area contributed by atoms with E-state index in [1.54, 1.807) is 19.1 Å². The molecule has 1 aliphatic heterocycles. The number of nitrogens with one attached hydrogen (secondary N) is 3. The molecule has 36 heavy (non-hydrogen) atoms. The number of fused-ring (bicyclic) bond motifs is 1. The highest BCUT2D eigenvalue weighted by molar-refractivity contribution is 5.92. The second-order valence-corrected chi connectivity index (χ2v) is 11.4. The first-order valence-corrected chi connectivity index (χ1v) is 13.1. The number of nitrogens with zero attached hydrogens (tertiary/aromatic N) is 2. The molecule has 1 saturated heterocycles. The minimum absolute atomic E-state index is 0.0977. The van der Waals surface area contributed by atoms with Crippen molar-refractivity contribution in [2.75, 3.05) is 6.54 Å². The molecule has 0 spiro atoms. The van der Waals surface area contributed by atoms with E-state index in [0.29, 0.717) is 30.2 Å². The van der Waals surface area contributed by atoms with E-state index in [1.807, 2.05) is 11.8 Å². The van der Waals surface area contributed by atoms with Crippen LogP contribution in [-0.2, 0) is 14.4 Å². The zero-order valence-electron chi connectivity index (χ0n) is 21.7. The van der Waals surface area contributed by atoms with E-state index in [-0.39, 0.29) is 35.2 Å². The summed E-state index contributed by atoms with van der Waals surface area (Å²) in [5.74, 6) is -0.547. The lowest BCUT2D eigenvalue weighted by Crippen LogP contribution is -2.52. The van der Waals surface area contributed by atoms with Gasteiger partial charge in [-0.05, 0) is 69.4 Å². The number of piperidine rings is 1. The molecule has 2 fully saturated rings. The van der Waals surface area contributed by atoms with E-state index in [2.05, 4.69) is 34.4 Å². The van der Waals surface area contributed by atoms with E-state index in [9.17, 15) is 18.8 Å². The number of para-hydroxylation sites is 1. The van der Waals surface area contributed by atoms with Crippen LogP contribution in [0.3, 0.4) is 0 Å². The maximum absolute atomic E-state index is 14.1. The Morgan fingerprint density at radius 2 is 1.97 bits per heavy atom. The topological polar surface area (TPSA) is 107 Å². The van der Waals surface area contributed by atoms with Gasteiger partial charge in [0.1, 0.15) is 17.4 Å².